The van der Waals surface area contributed by atoms with Crippen molar-refractivity contribution >= 4 is 52.4 Å². The molecule has 3 N–H and O–H groups in total. The van der Waals surface area contributed by atoms with Gasteiger partial charge in [-0.25, -0.2) is 18.3 Å². The maximum Gasteiger partial charge on any atom is 0.284 e. The van der Waals surface area contributed by atoms with Gasteiger partial charge in [0.1, 0.15) is 17.4 Å². The molecule has 0 radical (unpaired) electrons. The molecule has 4 saturated heterocycles. The summed E-state index contributed by atoms with van der Waals surface area (Å²) in [4.78, 5) is 77.0. The van der Waals surface area contributed by atoms with Crippen molar-refractivity contribution < 1.29 is 42.2 Å². The lowest BCUT2D eigenvalue weighted by molar-refractivity contribution is -0.136. The smallest absolute Gasteiger partial charge is 0.284 e. The number of piperidine rings is 1. The zero-order chi connectivity index (χ0) is 45.6. The highest BCUT2D eigenvalue weighted by molar-refractivity contribution is 6.25. The van der Waals surface area contributed by atoms with E-state index >= 15 is 0 Å². The van der Waals surface area contributed by atoms with Gasteiger partial charge in [0.05, 0.1) is 60.5 Å². The van der Waals surface area contributed by atoms with Crippen LogP contribution < -0.4 is 20.9 Å². The molecule has 350 valence electrons. The van der Waals surface area contributed by atoms with E-state index in [0.29, 0.717) is 37.0 Å². The van der Waals surface area contributed by atoms with Crippen LogP contribution >= 0.6 is 0 Å². The van der Waals surface area contributed by atoms with Gasteiger partial charge in [-0.1, -0.05) is 6.07 Å². The molecule has 6 aliphatic rings. The Kier molecular flexibility index (Phi) is 12.3. The Morgan fingerprint density at radius 1 is 1.00 bits per heavy atom. The summed E-state index contributed by atoms with van der Waals surface area (Å²) in [6, 6.07) is 6.07. The highest BCUT2D eigenvalue weighted by Crippen LogP contribution is 2.37. The molecule has 66 heavy (non-hydrogen) atoms. The van der Waals surface area contributed by atoms with Crippen LogP contribution in [0.5, 0.6) is 0 Å². The maximum absolute atomic E-state index is 14.3. The standard InChI is InChI=1S/C45H54F2N12O7/c1-54(21-30-22-55(16-17-65-30)14-3-13-48-33-5-2-4-31-38(33)45(64)59(44(31)63)35-10-11-37(60)52-43(35)62)20-26-6-8-27(9-7-26)58-24-34(39(53-58)40(46)47)50-42(61)32-19-49-57-15-12-36(51-41(32)57)56-23-29-18-28(56)25-66-29/h2,4-5,12,15,19,24,26-30,35,40,48H,3,6-11,13-14,16-18,20-23,25H2,1H3,(H,50,61)(H,52,60,62)/t26-,27-,28-,29-,30+,35?/m1/s1. The first-order chi connectivity index (χ1) is 32.0. The molecule has 0 spiro atoms. The molecule has 19 nitrogen and oxygen atoms in total. The molecule has 1 saturated carbocycles. The van der Waals surface area contributed by atoms with Gasteiger partial charge in [-0.3, -0.25) is 43.8 Å². The minimum Gasteiger partial charge on any atom is -0.384 e. The lowest BCUT2D eigenvalue weighted by Crippen LogP contribution is -2.54. The van der Waals surface area contributed by atoms with Gasteiger partial charge in [0.25, 0.3) is 24.1 Å². The summed E-state index contributed by atoms with van der Waals surface area (Å²) < 4.78 is 43.6. The average Bonchev–Trinajstić information content (AvgIpc) is 4.16. The number of nitrogens with zero attached hydrogens (tertiary/aromatic N) is 9. The molecule has 21 heteroatoms. The topological polar surface area (TPSA) is 201 Å². The van der Waals surface area contributed by atoms with Crippen LogP contribution in [0.2, 0.25) is 0 Å². The lowest BCUT2D eigenvalue weighted by Gasteiger charge is -2.36. The molecule has 1 aromatic carbocycles. The quantitative estimate of drug-likeness (QED) is 0.116. The third kappa shape index (κ3) is 8.75. The Hall–Kier alpha value is -5.90. The van der Waals surface area contributed by atoms with E-state index in [0.717, 1.165) is 88.5 Å². The number of aromatic nitrogens is 5. The van der Waals surface area contributed by atoms with E-state index in [1.54, 1.807) is 29.1 Å². The summed E-state index contributed by atoms with van der Waals surface area (Å²) in [7, 11) is 2.10. The number of alkyl halides is 2. The predicted octanol–water partition coefficient (Wildman–Crippen LogP) is 3.36. The van der Waals surface area contributed by atoms with E-state index in [1.165, 1.54) is 16.9 Å². The molecule has 1 unspecified atom stereocenters. The number of amides is 5. The van der Waals surface area contributed by atoms with Gasteiger partial charge in [0, 0.05) is 70.3 Å². The van der Waals surface area contributed by atoms with Crippen LogP contribution in [0.4, 0.5) is 26.0 Å². The van der Waals surface area contributed by atoms with E-state index in [1.807, 2.05) is 6.07 Å². The highest BCUT2D eigenvalue weighted by atomic mass is 19.3. The van der Waals surface area contributed by atoms with Crippen LogP contribution in [0.1, 0.15) is 101 Å². The summed E-state index contributed by atoms with van der Waals surface area (Å²) in [6.07, 6.45) is 7.27. The van der Waals surface area contributed by atoms with Crippen molar-refractivity contribution in [3.8, 4) is 0 Å². The Bertz CT molecular complexity index is 2530. The fourth-order valence-corrected chi connectivity index (χ4v) is 10.6. The molecule has 5 aliphatic heterocycles. The molecule has 10 rings (SSSR count). The van der Waals surface area contributed by atoms with E-state index in [2.05, 4.69) is 47.9 Å². The monoisotopic (exact) mass is 912 g/mol. The second-order valence-electron chi connectivity index (χ2n) is 18.4. The van der Waals surface area contributed by atoms with Gasteiger partial charge in [-0.2, -0.15) is 10.2 Å². The van der Waals surface area contributed by atoms with Crippen molar-refractivity contribution in [1.29, 1.82) is 0 Å². The van der Waals surface area contributed by atoms with Crippen molar-refractivity contribution in [2.24, 2.45) is 5.92 Å². The minimum absolute atomic E-state index is 0.0206. The lowest BCUT2D eigenvalue weighted by atomic mass is 9.86. The third-order valence-electron chi connectivity index (χ3n) is 13.9. The van der Waals surface area contributed by atoms with Gasteiger partial charge in [0.2, 0.25) is 11.8 Å². The van der Waals surface area contributed by atoms with Gasteiger partial charge in [0.15, 0.2) is 11.3 Å². The van der Waals surface area contributed by atoms with Crippen molar-refractivity contribution in [2.45, 2.75) is 88.1 Å². The Labute approximate surface area is 379 Å². The normalized spacial score (nSPS) is 25.7. The molecule has 5 amide bonds. The summed E-state index contributed by atoms with van der Waals surface area (Å²) in [6.45, 7) is 6.59. The SMILES string of the molecule is CN(C[C@H]1CN(CCCNc2cccc3c2C(=O)N(C2CCC(=O)NC2=O)C3=O)CCO1)C[C@H]1CC[C@H](n2cc(NC(=O)c3cnn4ccc(N5C[C@H]6C[C@@H]5CO6)nc34)c(C(F)F)n2)CC1. The predicted molar refractivity (Wildman–Crippen MR) is 235 cm³/mol. The Morgan fingerprint density at radius 3 is 2.62 bits per heavy atom. The van der Waals surface area contributed by atoms with E-state index in [9.17, 15) is 32.8 Å². The van der Waals surface area contributed by atoms with E-state index < -0.39 is 47.7 Å². The Balaban J connectivity index is 0.674. The van der Waals surface area contributed by atoms with Crippen LogP contribution in [0, 0.1) is 5.92 Å². The number of fused-ring (bicyclic) bond motifs is 4. The third-order valence-corrected chi connectivity index (χ3v) is 13.9. The largest absolute Gasteiger partial charge is 0.384 e. The fourth-order valence-electron chi connectivity index (χ4n) is 10.6. The first-order valence-corrected chi connectivity index (χ1v) is 23.0. The fraction of sp³-hybridized carbons (Fsp3) is 0.556. The van der Waals surface area contributed by atoms with E-state index in [4.69, 9.17) is 14.5 Å². The van der Waals surface area contributed by atoms with Gasteiger partial charge in [-0.15, -0.1) is 0 Å². The number of hydrogen-bond acceptors (Lipinski definition) is 14. The molecular formula is C45H54F2N12O7. The highest BCUT2D eigenvalue weighted by Gasteiger charge is 2.46. The second kappa shape index (κ2) is 18.4. The molecule has 5 fully saturated rings. The van der Waals surface area contributed by atoms with Crippen molar-refractivity contribution in [2.75, 3.05) is 81.6 Å². The van der Waals surface area contributed by atoms with Gasteiger partial charge < -0.3 is 29.9 Å². The van der Waals surface area contributed by atoms with Crippen LogP contribution in [0.25, 0.3) is 5.65 Å². The van der Waals surface area contributed by atoms with Gasteiger partial charge in [-0.05, 0) is 76.1 Å². The first kappa shape index (κ1) is 44.0. The number of carbonyl (C=O) groups is 5. The zero-order valence-electron chi connectivity index (χ0n) is 36.7. The number of likely N-dealkylation sites (N-methyl/N-ethyl adjacent to an activating group) is 1. The molecule has 4 atom stereocenters. The molecule has 2 bridgehead atoms. The second-order valence-corrected chi connectivity index (χ2v) is 18.4. The number of nitrogens with one attached hydrogen (secondary N) is 3. The minimum atomic E-state index is -2.88. The number of imide groups is 2. The summed E-state index contributed by atoms with van der Waals surface area (Å²) in [5.74, 6) is -1.55. The summed E-state index contributed by atoms with van der Waals surface area (Å²) in [5.41, 5.74) is 1.08. The number of morpholine rings is 2. The first-order valence-electron chi connectivity index (χ1n) is 23.0. The number of halogens is 2. The van der Waals surface area contributed by atoms with Crippen molar-refractivity contribution in [3.05, 3.63) is 65.2 Å². The number of rotatable bonds is 15. The molecule has 4 aromatic rings. The number of hydrogen-bond donors (Lipinski definition) is 3. The average molecular weight is 913 g/mol. The number of carbonyl (C=O) groups excluding carboxylic acids is 5. The van der Waals surface area contributed by atoms with E-state index in [-0.39, 0.29) is 59.5 Å². The summed E-state index contributed by atoms with van der Waals surface area (Å²) >= 11 is 0. The van der Waals surface area contributed by atoms with Crippen LogP contribution in [0.15, 0.2) is 42.9 Å². The van der Waals surface area contributed by atoms with Crippen LogP contribution in [0.3, 0.4) is 0 Å². The zero-order valence-corrected chi connectivity index (χ0v) is 36.7. The number of benzene rings is 1. The molecular weight excluding hydrogens is 859 g/mol. The van der Waals surface area contributed by atoms with Crippen molar-refractivity contribution in [1.82, 2.24) is 44.4 Å². The van der Waals surface area contributed by atoms with Gasteiger partial charge >= 0.3 is 0 Å². The maximum atomic E-state index is 14.3. The van der Waals surface area contributed by atoms with Crippen molar-refractivity contribution in [3.63, 3.8) is 0 Å². The molecule has 8 heterocycles. The molecule has 1 aliphatic carbocycles. The summed E-state index contributed by atoms with van der Waals surface area (Å²) in [5, 5.41) is 16.8. The number of ether oxygens (including phenoxy) is 2. The number of anilines is 3. The van der Waals surface area contributed by atoms with Crippen LogP contribution in [-0.2, 0) is 19.1 Å². The molecule has 3 aromatic heterocycles. The van der Waals surface area contributed by atoms with Crippen LogP contribution in [-0.4, -0.2) is 159 Å². The Morgan fingerprint density at radius 2 is 1.85 bits per heavy atom.